The standard InChI is InChI=1S/C20H22F2N4O2.C10H11FO2/c1-12-19(18-15(21)9-14(28-5)10-16(18)22)25(4)26(20(12)27)17-8-6-7-13(23-17)11-24(2)3;1-7(12)9-3-5-10(6-4-9)13-8(2)11/h6-10H,11H2,1-5H3;3-6,8H,1-2H3. The number of carbonyl (C=O) groups is 1. The fourth-order valence-corrected chi connectivity index (χ4v) is 4.19. The van der Waals surface area contributed by atoms with Crippen molar-refractivity contribution in [2.45, 2.75) is 33.7 Å². The first-order valence-electron chi connectivity index (χ1n) is 12.7. The quantitative estimate of drug-likeness (QED) is 0.261. The molecule has 4 rings (SSSR count). The van der Waals surface area contributed by atoms with Crippen molar-refractivity contribution in [3.8, 4) is 28.6 Å². The molecule has 0 N–H and O–H groups in total. The molecule has 0 aliphatic heterocycles. The van der Waals surface area contributed by atoms with Gasteiger partial charge >= 0.3 is 0 Å². The highest BCUT2D eigenvalue weighted by Gasteiger charge is 2.24. The van der Waals surface area contributed by atoms with E-state index in [1.54, 1.807) is 50.4 Å². The Labute approximate surface area is 236 Å². The Morgan fingerprint density at radius 3 is 2.17 bits per heavy atom. The van der Waals surface area contributed by atoms with E-state index in [2.05, 4.69) is 4.98 Å². The van der Waals surface area contributed by atoms with Crippen LogP contribution in [-0.2, 0) is 13.6 Å². The summed E-state index contributed by atoms with van der Waals surface area (Å²) in [5.74, 6) is -0.738. The summed E-state index contributed by atoms with van der Waals surface area (Å²) >= 11 is 0. The van der Waals surface area contributed by atoms with E-state index in [4.69, 9.17) is 9.47 Å². The number of ether oxygens (including phenoxy) is 2. The number of nitrogens with zero attached hydrogens (tertiary/aromatic N) is 4. The largest absolute Gasteiger partial charge is 0.497 e. The lowest BCUT2D eigenvalue weighted by Gasteiger charge is -2.13. The van der Waals surface area contributed by atoms with Crippen LogP contribution in [0.15, 0.2) is 59.4 Å². The minimum Gasteiger partial charge on any atom is -0.497 e. The van der Waals surface area contributed by atoms with Crippen LogP contribution in [0, 0.1) is 18.6 Å². The second kappa shape index (κ2) is 13.3. The van der Waals surface area contributed by atoms with Crippen LogP contribution in [0.25, 0.3) is 17.1 Å². The topological polar surface area (TPSA) is 78.6 Å². The van der Waals surface area contributed by atoms with Gasteiger partial charge in [-0.25, -0.2) is 18.2 Å². The van der Waals surface area contributed by atoms with Gasteiger partial charge in [0.15, 0.2) is 11.6 Å². The third-order valence-electron chi connectivity index (χ3n) is 6.03. The van der Waals surface area contributed by atoms with Crippen molar-refractivity contribution in [3.05, 3.63) is 93.4 Å². The molecule has 0 amide bonds. The van der Waals surface area contributed by atoms with Crippen LogP contribution in [0.3, 0.4) is 0 Å². The molecular formula is C30H33F3N4O4. The molecule has 218 valence electrons. The number of halogens is 3. The number of pyridine rings is 1. The molecule has 0 bridgehead atoms. The van der Waals surface area contributed by atoms with E-state index in [-0.39, 0.29) is 33.9 Å². The fraction of sp³-hybridized carbons (Fsp3) is 0.300. The molecule has 0 aliphatic rings. The molecule has 0 radical (unpaired) electrons. The molecule has 41 heavy (non-hydrogen) atoms. The minimum absolute atomic E-state index is 0.0140. The number of ketones is 1. The Morgan fingerprint density at radius 2 is 1.66 bits per heavy atom. The van der Waals surface area contributed by atoms with Crippen molar-refractivity contribution in [1.82, 2.24) is 19.2 Å². The van der Waals surface area contributed by atoms with Crippen molar-refractivity contribution in [1.29, 1.82) is 0 Å². The number of aromatic nitrogens is 3. The first-order valence-corrected chi connectivity index (χ1v) is 12.7. The normalized spacial score (nSPS) is 11.6. The zero-order chi connectivity index (χ0) is 30.4. The molecule has 8 nitrogen and oxygen atoms in total. The van der Waals surface area contributed by atoms with Crippen LogP contribution in [0.4, 0.5) is 13.2 Å². The molecule has 0 aliphatic carbocycles. The predicted octanol–water partition coefficient (Wildman–Crippen LogP) is 5.48. The van der Waals surface area contributed by atoms with E-state index in [0.29, 0.717) is 23.7 Å². The van der Waals surface area contributed by atoms with Gasteiger partial charge in [-0.05, 0) is 64.3 Å². The maximum absolute atomic E-state index is 14.6. The molecule has 0 saturated heterocycles. The second-order valence-electron chi connectivity index (χ2n) is 9.55. The molecule has 1 unspecified atom stereocenters. The molecule has 0 spiro atoms. The van der Waals surface area contributed by atoms with Gasteiger partial charge < -0.3 is 14.4 Å². The van der Waals surface area contributed by atoms with E-state index in [9.17, 15) is 22.8 Å². The van der Waals surface area contributed by atoms with Crippen LogP contribution in [0.5, 0.6) is 11.5 Å². The highest BCUT2D eigenvalue weighted by atomic mass is 19.1. The van der Waals surface area contributed by atoms with Crippen LogP contribution in [-0.4, -0.2) is 52.6 Å². The number of methoxy groups -OCH3 is 1. The zero-order valence-corrected chi connectivity index (χ0v) is 24.0. The summed E-state index contributed by atoms with van der Waals surface area (Å²) in [6.07, 6.45) is -1.33. The van der Waals surface area contributed by atoms with Crippen molar-refractivity contribution < 1.29 is 27.4 Å². The predicted molar refractivity (Wildman–Crippen MR) is 150 cm³/mol. The number of benzene rings is 2. The second-order valence-corrected chi connectivity index (χ2v) is 9.55. The first-order chi connectivity index (χ1) is 19.3. The van der Waals surface area contributed by atoms with Gasteiger partial charge in [-0.3, -0.25) is 14.3 Å². The number of Topliss-reactive ketones (excluding diaryl/α,β-unsaturated/α-hetero) is 1. The molecule has 1 atom stereocenters. The van der Waals surface area contributed by atoms with E-state index < -0.39 is 18.0 Å². The summed E-state index contributed by atoms with van der Waals surface area (Å²) in [6.45, 7) is 4.92. The van der Waals surface area contributed by atoms with Gasteiger partial charge in [-0.1, -0.05) is 6.07 Å². The third-order valence-corrected chi connectivity index (χ3v) is 6.03. The van der Waals surface area contributed by atoms with Gasteiger partial charge in [0, 0.05) is 43.8 Å². The summed E-state index contributed by atoms with van der Waals surface area (Å²) in [7, 11) is 6.74. The van der Waals surface area contributed by atoms with E-state index in [1.165, 1.54) is 30.3 Å². The Balaban J connectivity index is 0.000000298. The van der Waals surface area contributed by atoms with Gasteiger partial charge in [0.2, 0.25) is 6.36 Å². The molecule has 2 heterocycles. The minimum atomic E-state index is -1.33. The highest BCUT2D eigenvalue weighted by Crippen LogP contribution is 2.31. The summed E-state index contributed by atoms with van der Waals surface area (Å²) in [4.78, 5) is 30.2. The number of rotatable bonds is 8. The van der Waals surface area contributed by atoms with Gasteiger partial charge in [-0.15, -0.1) is 0 Å². The average molecular weight is 571 g/mol. The van der Waals surface area contributed by atoms with Crippen molar-refractivity contribution in [2.75, 3.05) is 21.2 Å². The SMILES string of the molecule is CC(=O)c1ccc(OC(C)F)cc1.COc1cc(F)c(-c2c(C)c(=O)n(-c3cccc(CN(C)C)n3)n2C)c(F)c1. The van der Waals surface area contributed by atoms with Gasteiger partial charge in [0.25, 0.3) is 5.56 Å². The summed E-state index contributed by atoms with van der Waals surface area (Å²) < 4.78 is 54.0. The Morgan fingerprint density at radius 1 is 1.05 bits per heavy atom. The summed E-state index contributed by atoms with van der Waals surface area (Å²) in [5, 5.41) is 0. The van der Waals surface area contributed by atoms with Gasteiger partial charge in [0.1, 0.15) is 23.1 Å². The smallest absolute Gasteiger partial charge is 0.276 e. The molecular weight excluding hydrogens is 537 g/mol. The maximum atomic E-state index is 14.6. The Hall–Kier alpha value is -4.38. The summed E-state index contributed by atoms with van der Waals surface area (Å²) in [5.41, 5.74) is 1.09. The number of alkyl halides is 1. The van der Waals surface area contributed by atoms with Crippen LogP contribution in [0.2, 0.25) is 0 Å². The Bertz CT molecular complexity index is 1550. The number of carbonyl (C=O) groups excluding carboxylic acids is 1. The fourth-order valence-electron chi connectivity index (χ4n) is 4.19. The molecule has 2 aromatic carbocycles. The Kier molecular flexibility index (Phi) is 10.1. The molecule has 11 heteroatoms. The van der Waals surface area contributed by atoms with Crippen molar-refractivity contribution in [3.63, 3.8) is 0 Å². The van der Waals surface area contributed by atoms with Crippen molar-refractivity contribution in [2.24, 2.45) is 7.05 Å². The van der Waals surface area contributed by atoms with Crippen LogP contribution >= 0.6 is 0 Å². The summed E-state index contributed by atoms with van der Waals surface area (Å²) in [6, 6.07) is 13.9. The average Bonchev–Trinajstić information content (AvgIpc) is 3.11. The zero-order valence-electron chi connectivity index (χ0n) is 24.0. The van der Waals surface area contributed by atoms with E-state index >= 15 is 0 Å². The maximum Gasteiger partial charge on any atom is 0.276 e. The van der Waals surface area contributed by atoms with Gasteiger partial charge in [-0.2, -0.15) is 4.68 Å². The number of hydrogen-bond acceptors (Lipinski definition) is 6. The molecule has 2 aromatic heterocycles. The highest BCUT2D eigenvalue weighted by molar-refractivity contribution is 5.94. The molecule has 4 aromatic rings. The monoisotopic (exact) mass is 570 g/mol. The lowest BCUT2D eigenvalue weighted by atomic mass is 10.1. The van der Waals surface area contributed by atoms with E-state index in [0.717, 1.165) is 17.8 Å². The van der Waals surface area contributed by atoms with Crippen LogP contribution < -0.4 is 15.0 Å². The third kappa shape index (κ3) is 7.43. The molecule has 0 fully saturated rings. The lowest BCUT2D eigenvalue weighted by Crippen LogP contribution is -2.22. The van der Waals surface area contributed by atoms with Gasteiger partial charge in [0.05, 0.1) is 24.1 Å². The van der Waals surface area contributed by atoms with E-state index in [1.807, 2.05) is 25.1 Å². The lowest BCUT2D eigenvalue weighted by molar-refractivity contribution is 0.0860. The number of hydrogen-bond donors (Lipinski definition) is 0. The van der Waals surface area contributed by atoms with Crippen LogP contribution in [0.1, 0.15) is 35.5 Å². The van der Waals surface area contributed by atoms with Crippen molar-refractivity contribution >= 4 is 5.78 Å². The first kappa shape index (κ1) is 31.2. The molecule has 0 saturated carbocycles.